The molecule has 0 bridgehead atoms. The number of rotatable bonds is 8. The fourth-order valence-electron chi connectivity index (χ4n) is 4.07. The van der Waals surface area contributed by atoms with Crippen LogP contribution in [0.2, 0.25) is 0 Å². The molecule has 4 nitrogen and oxygen atoms in total. The molecule has 3 aromatic carbocycles. The van der Waals surface area contributed by atoms with Crippen LogP contribution in [0.15, 0.2) is 96.0 Å². The molecule has 0 atom stereocenters. The van der Waals surface area contributed by atoms with Gasteiger partial charge < -0.3 is 9.47 Å². The van der Waals surface area contributed by atoms with Gasteiger partial charge in [-0.05, 0) is 30.5 Å². The van der Waals surface area contributed by atoms with E-state index in [9.17, 15) is 5.26 Å². The smallest absolute Gasteiger partial charge is 0.153 e. The largest absolute Gasteiger partial charge is 0.363 e. The minimum absolute atomic E-state index is 0.597. The van der Waals surface area contributed by atoms with E-state index in [1.165, 1.54) is 0 Å². The zero-order chi connectivity index (χ0) is 23.0. The van der Waals surface area contributed by atoms with E-state index < -0.39 is 0 Å². The summed E-state index contributed by atoms with van der Waals surface area (Å²) in [4.78, 5) is 7.02. The van der Waals surface area contributed by atoms with E-state index in [-0.39, 0.29) is 0 Å². The van der Waals surface area contributed by atoms with Crippen molar-refractivity contribution in [2.75, 3.05) is 13.1 Å². The van der Waals surface area contributed by atoms with Crippen molar-refractivity contribution >= 4 is 12.2 Å². The Hall–Kier alpha value is -4.10. The molecular weight excluding hydrogens is 404 g/mol. The Balaban J connectivity index is 2.04. The second-order valence-corrected chi connectivity index (χ2v) is 7.80. The first-order valence-corrected chi connectivity index (χ1v) is 11.4. The molecule has 0 N–H and O–H groups in total. The highest BCUT2D eigenvalue weighted by Crippen LogP contribution is 2.43. The van der Waals surface area contributed by atoms with Crippen molar-refractivity contribution in [3.05, 3.63) is 102 Å². The normalized spacial score (nSPS) is 10.9. The summed E-state index contributed by atoms with van der Waals surface area (Å²) < 4.78 is 2.19. The van der Waals surface area contributed by atoms with Crippen molar-refractivity contribution in [3.8, 4) is 28.5 Å². The third kappa shape index (κ3) is 4.73. The molecule has 4 heteroatoms. The van der Waals surface area contributed by atoms with Crippen LogP contribution in [0.3, 0.4) is 0 Å². The number of aliphatic imine (C=N–C) groups is 1. The molecule has 4 rings (SSSR count). The second kappa shape index (κ2) is 10.5. The second-order valence-electron chi connectivity index (χ2n) is 7.80. The van der Waals surface area contributed by atoms with E-state index in [0.717, 1.165) is 41.0 Å². The highest BCUT2D eigenvalue weighted by atomic mass is 15.2. The lowest BCUT2D eigenvalue weighted by Gasteiger charge is -2.15. The van der Waals surface area contributed by atoms with Gasteiger partial charge >= 0.3 is 0 Å². The molecule has 0 aliphatic rings. The first kappa shape index (κ1) is 22.1. The fraction of sp³-hybridized carbons (Fsp3) is 0.172. The van der Waals surface area contributed by atoms with Crippen LogP contribution in [0.25, 0.3) is 22.4 Å². The molecule has 0 aliphatic carbocycles. The maximum atomic E-state index is 10.3. The van der Waals surface area contributed by atoms with Gasteiger partial charge in [0.1, 0.15) is 11.6 Å². The van der Waals surface area contributed by atoms with E-state index >= 15 is 0 Å². The number of hydrogen-bond acceptors (Lipinski definition) is 2. The zero-order valence-electron chi connectivity index (χ0n) is 19.1. The molecule has 0 radical (unpaired) electrons. The molecule has 1 aromatic heterocycles. The fourth-order valence-corrected chi connectivity index (χ4v) is 4.07. The van der Waals surface area contributed by atoms with Gasteiger partial charge in [0.2, 0.25) is 0 Å². The van der Waals surface area contributed by atoms with E-state index in [2.05, 4.69) is 65.8 Å². The van der Waals surface area contributed by atoms with E-state index in [1.807, 2.05) is 60.9 Å². The maximum Gasteiger partial charge on any atom is 0.153 e. The van der Waals surface area contributed by atoms with Crippen LogP contribution in [0.4, 0.5) is 5.82 Å². The van der Waals surface area contributed by atoms with Crippen molar-refractivity contribution in [3.63, 3.8) is 0 Å². The van der Waals surface area contributed by atoms with Gasteiger partial charge in [0, 0.05) is 25.2 Å². The summed E-state index contributed by atoms with van der Waals surface area (Å²) >= 11 is 0. The minimum atomic E-state index is 0.597. The Bertz CT molecular complexity index is 1250. The molecule has 4 aromatic rings. The molecule has 0 saturated carbocycles. The minimum Gasteiger partial charge on any atom is -0.363 e. The summed E-state index contributed by atoms with van der Waals surface area (Å²) in [6, 6.07) is 33.3. The first-order valence-electron chi connectivity index (χ1n) is 11.4. The molecule has 33 heavy (non-hydrogen) atoms. The Morgan fingerprint density at radius 1 is 0.818 bits per heavy atom. The van der Waals surface area contributed by atoms with Gasteiger partial charge in [-0.15, -0.1) is 0 Å². The third-order valence-corrected chi connectivity index (χ3v) is 5.80. The number of hydrogen-bond donors (Lipinski definition) is 0. The van der Waals surface area contributed by atoms with E-state index in [4.69, 9.17) is 4.99 Å². The zero-order valence-corrected chi connectivity index (χ0v) is 19.1. The van der Waals surface area contributed by atoms with Gasteiger partial charge in [-0.25, -0.2) is 4.99 Å². The average Bonchev–Trinajstić information content (AvgIpc) is 3.19. The third-order valence-electron chi connectivity index (χ3n) is 5.80. The molecular formula is C29H28N4. The van der Waals surface area contributed by atoms with Crippen LogP contribution >= 0.6 is 0 Å². The van der Waals surface area contributed by atoms with E-state index in [1.54, 1.807) is 0 Å². The van der Waals surface area contributed by atoms with Crippen molar-refractivity contribution in [1.82, 2.24) is 9.47 Å². The van der Waals surface area contributed by atoms with Crippen LogP contribution in [0.5, 0.6) is 0 Å². The SMILES string of the molecule is CCN(C=Nc1c(C#N)c(-c2ccccc2)c(-c2ccccc2)n1Cc1ccccc1)CC. The van der Waals surface area contributed by atoms with Gasteiger partial charge in [0.05, 0.1) is 12.0 Å². The molecule has 1 heterocycles. The van der Waals surface area contributed by atoms with Gasteiger partial charge in [0.25, 0.3) is 0 Å². The van der Waals surface area contributed by atoms with Crippen molar-refractivity contribution in [2.45, 2.75) is 20.4 Å². The Morgan fingerprint density at radius 2 is 1.36 bits per heavy atom. The predicted molar refractivity (Wildman–Crippen MR) is 137 cm³/mol. The average molecular weight is 433 g/mol. The molecule has 0 saturated heterocycles. The van der Waals surface area contributed by atoms with Crippen molar-refractivity contribution < 1.29 is 0 Å². The van der Waals surface area contributed by atoms with Crippen molar-refractivity contribution in [1.29, 1.82) is 5.26 Å². The van der Waals surface area contributed by atoms with Crippen LogP contribution in [-0.2, 0) is 6.54 Å². The Morgan fingerprint density at radius 3 is 1.91 bits per heavy atom. The molecule has 0 amide bonds. The summed E-state index contributed by atoms with van der Waals surface area (Å²) in [7, 11) is 0. The Kier molecular flexibility index (Phi) is 7.02. The molecule has 0 aliphatic heterocycles. The Labute approximate surface area is 196 Å². The number of benzene rings is 3. The molecule has 0 unspecified atom stereocenters. The quantitative estimate of drug-likeness (QED) is 0.228. The van der Waals surface area contributed by atoms with Crippen LogP contribution < -0.4 is 0 Å². The van der Waals surface area contributed by atoms with Crippen LogP contribution in [-0.4, -0.2) is 28.9 Å². The molecule has 0 fully saturated rings. The molecule has 0 spiro atoms. The highest BCUT2D eigenvalue weighted by Gasteiger charge is 2.25. The lowest BCUT2D eigenvalue weighted by Crippen LogP contribution is -2.20. The lowest BCUT2D eigenvalue weighted by molar-refractivity contribution is 0.479. The van der Waals surface area contributed by atoms with Gasteiger partial charge in [-0.1, -0.05) is 91.0 Å². The predicted octanol–water partition coefficient (Wildman–Crippen LogP) is 6.74. The summed E-state index contributed by atoms with van der Waals surface area (Å²) in [5, 5.41) is 10.3. The topological polar surface area (TPSA) is 44.3 Å². The highest BCUT2D eigenvalue weighted by molar-refractivity contribution is 5.91. The summed E-state index contributed by atoms with van der Waals surface area (Å²) in [6.07, 6.45) is 1.86. The summed E-state index contributed by atoms with van der Waals surface area (Å²) in [6.45, 7) is 6.55. The monoisotopic (exact) mass is 432 g/mol. The van der Waals surface area contributed by atoms with E-state index in [0.29, 0.717) is 17.9 Å². The van der Waals surface area contributed by atoms with Crippen LogP contribution in [0.1, 0.15) is 25.0 Å². The standard InChI is InChI=1S/C29H28N4/c1-3-32(4-2)22-31-29-26(20-30)27(24-16-10-6-11-17-24)28(25-18-12-7-13-19-25)33(29)21-23-14-8-5-9-15-23/h5-19,22H,3-4,21H2,1-2H3. The van der Waals surface area contributed by atoms with Gasteiger partial charge in [0.15, 0.2) is 5.82 Å². The number of nitrogens with zero attached hydrogens (tertiary/aromatic N) is 4. The van der Waals surface area contributed by atoms with Crippen LogP contribution in [0, 0.1) is 11.3 Å². The number of nitriles is 1. The summed E-state index contributed by atoms with van der Waals surface area (Å²) in [5.41, 5.74) is 5.76. The summed E-state index contributed by atoms with van der Waals surface area (Å²) in [5.74, 6) is 0.686. The first-order chi connectivity index (χ1) is 16.3. The number of aromatic nitrogens is 1. The van der Waals surface area contributed by atoms with Crippen molar-refractivity contribution in [2.24, 2.45) is 4.99 Å². The van der Waals surface area contributed by atoms with Gasteiger partial charge in [-0.2, -0.15) is 5.26 Å². The molecule has 164 valence electrons. The van der Waals surface area contributed by atoms with Gasteiger partial charge in [-0.3, -0.25) is 0 Å². The maximum absolute atomic E-state index is 10.3. The lowest BCUT2D eigenvalue weighted by atomic mass is 9.98.